The van der Waals surface area contributed by atoms with E-state index in [0.29, 0.717) is 0 Å². The van der Waals surface area contributed by atoms with Gasteiger partial charge in [0.2, 0.25) is 0 Å². The first-order chi connectivity index (χ1) is 32.6. The third kappa shape index (κ3) is 12.0. The maximum Gasteiger partial charge on any atom is 0.0133 e. The molecule has 4 atom stereocenters. The Balaban J connectivity index is 0.858. The van der Waals surface area contributed by atoms with E-state index < -0.39 is 0 Å². The van der Waals surface area contributed by atoms with Crippen LogP contribution in [0.15, 0.2) is 23.3 Å². The fourth-order valence-electron chi connectivity index (χ4n) is 19.0. The van der Waals surface area contributed by atoms with Crippen LogP contribution in [0, 0.1) is 59.2 Å². The molecule has 10 saturated carbocycles. The highest BCUT2D eigenvalue weighted by Crippen LogP contribution is 2.51. The second kappa shape index (κ2) is 24.2. The van der Waals surface area contributed by atoms with Crippen molar-refractivity contribution in [1.29, 1.82) is 0 Å². The fraction of sp³-hybridized carbons (Fsp3) is 0.938. The van der Waals surface area contributed by atoms with E-state index >= 15 is 0 Å². The van der Waals surface area contributed by atoms with Gasteiger partial charge in [-0.3, -0.25) is 9.80 Å². The Kier molecular flexibility index (Phi) is 18.0. The standard InChI is InChI=1S/C64H108N2/c1-47-27-35-55(36-28-47)65(57-39-31-49(32-40-57)45-61(51-17-7-3-8-18-51)52-19-9-4-10-20-52)63-43-44-64(60-26-16-15-25-59(60)63)66(56-37-29-48(2)30-38-56)58-41-33-50(34-42-58)46-62(53-21-11-5-12-22-53)54-23-13-6-14-24-54/h45-60,63-64H,3-44H2,1-2H3. The van der Waals surface area contributed by atoms with Gasteiger partial charge in [-0.25, -0.2) is 0 Å². The van der Waals surface area contributed by atoms with Gasteiger partial charge in [0.25, 0.3) is 0 Å². The first kappa shape index (κ1) is 49.0. The number of hydrogen-bond acceptors (Lipinski definition) is 2. The minimum Gasteiger partial charge on any atom is -0.294 e. The number of allylic oxidation sites excluding steroid dienone is 4. The maximum atomic E-state index is 3.43. The van der Waals surface area contributed by atoms with Crippen molar-refractivity contribution in [2.24, 2.45) is 59.2 Å². The zero-order valence-corrected chi connectivity index (χ0v) is 44.0. The zero-order valence-electron chi connectivity index (χ0n) is 44.0. The molecule has 0 N–H and O–H groups in total. The van der Waals surface area contributed by atoms with Crippen LogP contribution in [0.1, 0.15) is 284 Å². The minimum atomic E-state index is 0.858. The molecular formula is C64H108N2. The van der Waals surface area contributed by atoms with E-state index in [1.165, 1.54) is 257 Å². The zero-order chi connectivity index (χ0) is 44.7. The van der Waals surface area contributed by atoms with Crippen LogP contribution in [-0.2, 0) is 0 Å². The molecule has 4 unspecified atom stereocenters. The molecule has 0 aromatic rings. The van der Waals surface area contributed by atoms with E-state index in [-0.39, 0.29) is 0 Å². The smallest absolute Gasteiger partial charge is 0.0133 e. The SMILES string of the molecule is CC1CCC(N(C2CCC(C=C(C3CCCCC3)C3CCCCC3)CC2)C2CCC(N(C3CCC(C)CC3)C3CCC(C=C(C4CCCCC4)C4CCCCC4)CC3)C3CCCCC32)CC1. The third-order valence-corrected chi connectivity index (χ3v) is 22.7. The van der Waals surface area contributed by atoms with Crippen LogP contribution in [0.5, 0.6) is 0 Å². The molecule has 374 valence electrons. The lowest BCUT2D eigenvalue weighted by molar-refractivity contribution is -0.0882. The summed E-state index contributed by atoms with van der Waals surface area (Å²) in [6, 6.07) is 5.19. The van der Waals surface area contributed by atoms with Gasteiger partial charge in [0.05, 0.1) is 0 Å². The molecule has 0 spiro atoms. The Bertz CT molecular complexity index is 1320. The molecule has 10 aliphatic carbocycles. The van der Waals surface area contributed by atoms with Gasteiger partial charge in [0.1, 0.15) is 0 Å². The second-order valence-corrected chi connectivity index (χ2v) is 26.9. The Labute approximate surface area is 410 Å². The minimum absolute atomic E-state index is 0.858. The van der Waals surface area contributed by atoms with Crippen LogP contribution in [0.3, 0.4) is 0 Å². The highest BCUT2D eigenvalue weighted by atomic mass is 15.3. The summed E-state index contributed by atoms with van der Waals surface area (Å²) in [5, 5.41) is 0. The van der Waals surface area contributed by atoms with Gasteiger partial charge in [0.15, 0.2) is 0 Å². The van der Waals surface area contributed by atoms with Crippen LogP contribution < -0.4 is 0 Å². The predicted octanol–water partition coefficient (Wildman–Crippen LogP) is 18.4. The Hall–Kier alpha value is -0.600. The Morgan fingerprint density at radius 2 is 0.530 bits per heavy atom. The molecule has 0 aliphatic heterocycles. The van der Waals surface area contributed by atoms with Crippen LogP contribution in [-0.4, -0.2) is 46.1 Å². The molecule has 2 nitrogen and oxygen atoms in total. The summed E-state index contributed by atoms with van der Waals surface area (Å²) in [6.45, 7) is 5.15. The molecule has 10 rings (SSSR count). The monoisotopic (exact) mass is 905 g/mol. The lowest BCUT2D eigenvalue weighted by Gasteiger charge is -2.59. The molecule has 0 heterocycles. The van der Waals surface area contributed by atoms with Crippen molar-refractivity contribution in [1.82, 2.24) is 9.80 Å². The van der Waals surface area contributed by atoms with Gasteiger partial charge in [-0.2, -0.15) is 0 Å². The van der Waals surface area contributed by atoms with Crippen molar-refractivity contribution >= 4 is 0 Å². The van der Waals surface area contributed by atoms with Crippen LogP contribution >= 0.6 is 0 Å². The average molecular weight is 906 g/mol. The normalized spacial score (nSPS) is 39.9. The first-order valence-electron chi connectivity index (χ1n) is 31.5. The van der Waals surface area contributed by atoms with E-state index in [1.54, 1.807) is 12.8 Å². The highest BCUT2D eigenvalue weighted by molar-refractivity contribution is 5.17. The van der Waals surface area contributed by atoms with E-state index in [1.807, 2.05) is 11.1 Å². The van der Waals surface area contributed by atoms with Crippen LogP contribution in [0.25, 0.3) is 0 Å². The summed E-state index contributed by atoms with van der Waals surface area (Å²) in [4.78, 5) is 6.85. The van der Waals surface area contributed by atoms with Crippen molar-refractivity contribution in [2.45, 2.75) is 320 Å². The number of rotatable bonds is 12. The van der Waals surface area contributed by atoms with E-state index in [9.17, 15) is 0 Å². The molecule has 0 bridgehead atoms. The molecule has 2 heteroatoms. The number of fused-ring (bicyclic) bond motifs is 1. The van der Waals surface area contributed by atoms with Gasteiger partial charge in [-0.1, -0.05) is 127 Å². The topological polar surface area (TPSA) is 6.48 Å². The summed E-state index contributed by atoms with van der Waals surface area (Å²) in [7, 11) is 0. The molecule has 10 fully saturated rings. The summed E-state index contributed by atoms with van der Waals surface area (Å²) in [5.41, 5.74) is 4.01. The average Bonchev–Trinajstić information content (AvgIpc) is 3.38. The van der Waals surface area contributed by atoms with Crippen LogP contribution in [0.4, 0.5) is 0 Å². The van der Waals surface area contributed by atoms with Crippen molar-refractivity contribution < 1.29 is 0 Å². The number of nitrogens with zero attached hydrogens (tertiary/aromatic N) is 2. The van der Waals surface area contributed by atoms with Crippen LogP contribution in [0.2, 0.25) is 0 Å². The number of hydrogen-bond donors (Lipinski definition) is 0. The largest absolute Gasteiger partial charge is 0.294 e. The van der Waals surface area contributed by atoms with Gasteiger partial charge < -0.3 is 0 Å². The fourth-order valence-corrected chi connectivity index (χ4v) is 19.0. The van der Waals surface area contributed by atoms with Crippen molar-refractivity contribution in [3.8, 4) is 0 Å². The van der Waals surface area contributed by atoms with Crippen molar-refractivity contribution in [3.63, 3.8) is 0 Å². The summed E-state index contributed by atoms with van der Waals surface area (Å²) < 4.78 is 0. The van der Waals surface area contributed by atoms with Gasteiger partial charge in [-0.05, 0) is 239 Å². The molecule has 10 aliphatic rings. The highest BCUT2D eigenvalue weighted by Gasteiger charge is 2.50. The lowest BCUT2D eigenvalue weighted by atomic mass is 9.63. The van der Waals surface area contributed by atoms with Gasteiger partial charge in [-0.15, -0.1) is 0 Å². The lowest BCUT2D eigenvalue weighted by Crippen LogP contribution is -2.62. The molecule has 0 saturated heterocycles. The van der Waals surface area contributed by atoms with Gasteiger partial charge >= 0.3 is 0 Å². The molecule has 0 aromatic heterocycles. The van der Waals surface area contributed by atoms with Gasteiger partial charge in [0, 0.05) is 36.3 Å². The Morgan fingerprint density at radius 3 is 0.818 bits per heavy atom. The van der Waals surface area contributed by atoms with E-state index in [4.69, 9.17) is 0 Å². The third-order valence-electron chi connectivity index (χ3n) is 22.7. The molecule has 66 heavy (non-hydrogen) atoms. The van der Waals surface area contributed by atoms with Crippen molar-refractivity contribution in [2.75, 3.05) is 0 Å². The molecule has 0 amide bonds. The quantitative estimate of drug-likeness (QED) is 0.180. The second-order valence-electron chi connectivity index (χ2n) is 26.9. The van der Waals surface area contributed by atoms with E-state index in [0.717, 1.165) is 95.4 Å². The maximum absolute atomic E-state index is 3.43. The Morgan fingerprint density at radius 1 is 0.273 bits per heavy atom. The molecule has 0 radical (unpaired) electrons. The molecular weight excluding hydrogens is 797 g/mol. The van der Waals surface area contributed by atoms with Crippen molar-refractivity contribution in [3.05, 3.63) is 23.3 Å². The van der Waals surface area contributed by atoms with E-state index in [2.05, 4.69) is 35.8 Å². The predicted molar refractivity (Wildman–Crippen MR) is 283 cm³/mol. The summed E-state index contributed by atoms with van der Waals surface area (Å²) in [5.74, 6) is 9.30. The summed E-state index contributed by atoms with van der Waals surface area (Å²) in [6.07, 6.45) is 69.2. The molecule has 0 aromatic carbocycles. The first-order valence-corrected chi connectivity index (χ1v) is 31.5. The summed E-state index contributed by atoms with van der Waals surface area (Å²) >= 11 is 0.